The highest BCUT2D eigenvalue weighted by Gasteiger charge is 2.22. The lowest BCUT2D eigenvalue weighted by molar-refractivity contribution is 0.294. The molecule has 0 spiro atoms. The Bertz CT molecular complexity index is 1530. The van der Waals surface area contributed by atoms with E-state index < -0.39 is 10.0 Å². The van der Waals surface area contributed by atoms with Gasteiger partial charge < -0.3 is 14.4 Å². The number of anilines is 2. The van der Waals surface area contributed by atoms with Gasteiger partial charge in [-0.15, -0.1) is 0 Å². The van der Waals surface area contributed by atoms with Crippen LogP contribution < -0.4 is 19.1 Å². The van der Waals surface area contributed by atoms with E-state index in [9.17, 15) is 8.42 Å². The van der Waals surface area contributed by atoms with Crippen molar-refractivity contribution in [2.24, 2.45) is 0 Å². The fourth-order valence-electron chi connectivity index (χ4n) is 3.88. The van der Waals surface area contributed by atoms with E-state index in [2.05, 4.69) is 19.6 Å². The van der Waals surface area contributed by atoms with Gasteiger partial charge in [0.05, 0.1) is 28.2 Å². The number of likely N-dealkylation sites (N-methyl/N-ethyl adjacent to an activating group) is 1. The van der Waals surface area contributed by atoms with Crippen LogP contribution in [0.15, 0.2) is 65.7 Å². The number of nitrogens with one attached hydrogen (secondary N) is 1. The number of fused-ring (bicyclic) bond motifs is 2. The number of pyridine rings is 2. The zero-order valence-corrected chi connectivity index (χ0v) is 20.7. The zero-order valence-electron chi connectivity index (χ0n) is 19.2. The number of sulfonamides is 1. The Morgan fingerprint density at radius 2 is 2.00 bits per heavy atom. The number of nitrogens with zero attached hydrogens (tertiary/aromatic N) is 3. The van der Waals surface area contributed by atoms with Gasteiger partial charge in [-0.3, -0.25) is 9.71 Å². The Morgan fingerprint density at radius 3 is 2.86 bits per heavy atom. The quantitative estimate of drug-likeness (QED) is 0.398. The van der Waals surface area contributed by atoms with Crippen LogP contribution in [0.3, 0.4) is 0 Å². The third kappa shape index (κ3) is 4.69. The molecule has 5 rings (SSSR count). The molecule has 0 fully saturated rings. The summed E-state index contributed by atoms with van der Waals surface area (Å²) in [6.45, 7) is 3.28. The van der Waals surface area contributed by atoms with Crippen LogP contribution in [0.1, 0.15) is 11.1 Å². The second-order valence-electron chi connectivity index (χ2n) is 8.21. The van der Waals surface area contributed by atoms with E-state index in [0.29, 0.717) is 28.2 Å². The molecule has 0 saturated carbocycles. The monoisotopic (exact) mass is 510 g/mol. The normalized spacial score (nSPS) is 13.3. The van der Waals surface area contributed by atoms with Crippen molar-refractivity contribution in [3.05, 3.63) is 76.9 Å². The topological polar surface area (TPSA) is 93.7 Å². The lowest BCUT2D eigenvalue weighted by Gasteiger charge is -2.28. The number of rotatable bonds is 6. The SMILES string of the molecule is Cc1c(Cl)cccc1S(=O)(=O)Nc1cc2ncccc2nc1OCc1ccc2c(c1)N(C)CCO2. The summed E-state index contributed by atoms with van der Waals surface area (Å²) in [6.07, 6.45) is 1.62. The Kier molecular flexibility index (Phi) is 6.12. The predicted octanol–water partition coefficient (Wildman–Crippen LogP) is 4.80. The fourth-order valence-corrected chi connectivity index (χ4v) is 5.43. The van der Waals surface area contributed by atoms with Crippen molar-refractivity contribution in [2.75, 3.05) is 29.8 Å². The van der Waals surface area contributed by atoms with Crippen LogP contribution in [0.4, 0.5) is 11.4 Å². The number of hydrogen-bond donors (Lipinski definition) is 1. The third-order valence-corrected chi connectivity index (χ3v) is 7.72. The van der Waals surface area contributed by atoms with E-state index in [1.165, 1.54) is 6.07 Å². The molecule has 1 N–H and O–H groups in total. The van der Waals surface area contributed by atoms with Crippen LogP contribution in [0.2, 0.25) is 5.02 Å². The minimum Gasteiger partial charge on any atom is -0.490 e. The Hall–Kier alpha value is -3.56. The molecule has 0 atom stereocenters. The van der Waals surface area contributed by atoms with Crippen LogP contribution >= 0.6 is 11.6 Å². The van der Waals surface area contributed by atoms with Gasteiger partial charge in [0.2, 0.25) is 5.88 Å². The first-order valence-electron chi connectivity index (χ1n) is 11.0. The van der Waals surface area contributed by atoms with Gasteiger partial charge in [-0.1, -0.05) is 23.7 Å². The molecule has 35 heavy (non-hydrogen) atoms. The summed E-state index contributed by atoms with van der Waals surface area (Å²) in [7, 11) is -1.96. The van der Waals surface area contributed by atoms with Crippen LogP contribution in [0, 0.1) is 6.92 Å². The smallest absolute Gasteiger partial charge is 0.262 e. The molecule has 0 unspecified atom stereocenters. The van der Waals surface area contributed by atoms with E-state index in [1.807, 2.05) is 25.2 Å². The van der Waals surface area contributed by atoms with E-state index in [0.717, 1.165) is 23.5 Å². The predicted molar refractivity (Wildman–Crippen MR) is 136 cm³/mol. The molecule has 1 aliphatic heterocycles. The average molecular weight is 511 g/mol. The number of halogens is 1. The molecular weight excluding hydrogens is 488 g/mol. The van der Waals surface area contributed by atoms with Gasteiger partial charge in [-0.2, -0.15) is 0 Å². The summed E-state index contributed by atoms with van der Waals surface area (Å²) < 4.78 is 40.8. The Morgan fingerprint density at radius 1 is 1.14 bits per heavy atom. The van der Waals surface area contributed by atoms with E-state index in [1.54, 1.807) is 43.5 Å². The maximum Gasteiger partial charge on any atom is 0.262 e. The molecule has 0 aliphatic carbocycles. The average Bonchev–Trinajstić information content (AvgIpc) is 2.84. The van der Waals surface area contributed by atoms with Crippen molar-refractivity contribution in [2.45, 2.75) is 18.4 Å². The Labute approximate surface area is 208 Å². The number of benzene rings is 2. The zero-order chi connectivity index (χ0) is 24.6. The van der Waals surface area contributed by atoms with Crippen molar-refractivity contribution in [3.8, 4) is 11.6 Å². The van der Waals surface area contributed by atoms with E-state index >= 15 is 0 Å². The highest BCUT2D eigenvalue weighted by atomic mass is 35.5. The molecule has 3 heterocycles. The molecule has 8 nitrogen and oxygen atoms in total. The highest BCUT2D eigenvalue weighted by Crippen LogP contribution is 2.34. The van der Waals surface area contributed by atoms with Crippen molar-refractivity contribution in [1.29, 1.82) is 0 Å². The van der Waals surface area contributed by atoms with Gasteiger partial charge in [0.1, 0.15) is 24.7 Å². The van der Waals surface area contributed by atoms with Gasteiger partial charge in [-0.25, -0.2) is 13.4 Å². The standard InChI is InChI=1S/C25H23ClN4O4S/c1-16-18(26)5-3-7-24(16)35(31,32)29-21-14-20-19(6-4-10-27-20)28-25(21)34-15-17-8-9-23-22(13-17)30(2)11-12-33-23/h3-10,13-14,29H,11-12,15H2,1-2H3. The lowest BCUT2D eigenvalue weighted by Crippen LogP contribution is -2.28. The summed E-state index contributed by atoms with van der Waals surface area (Å²) in [5, 5.41) is 0.365. The summed E-state index contributed by atoms with van der Waals surface area (Å²) >= 11 is 6.16. The van der Waals surface area contributed by atoms with Crippen molar-refractivity contribution in [3.63, 3.8) is 0 Å². The van der Waals surface area contributed by atoms with Gasteiger partial charge in [0, 0.05) is 18.3 Å². The fraction of sp³-hybridized carbons (Fsp3) is 0.200. The molecule has 2 aromatic heterocycles. The summed E-state index contributed by atoms with van der Waals surface area (Å²) in [5.41, 5.74) is 3.64. The second-order valence-corrected chi connectivity index (χ2v) is 10.3. The number of hydrogen-bond acceptors (Lipinski definition) is 7. The van der Waals surface area contributed by atoms with Crippen LogP contribution in [0.25, 0.3) is 11.0 Å². The maximum absolute atomic E-state index is 13.2. The van der Waals surface area contributed by atoms with Gasteiger partial charge >= 0.3 is 0 Å². The van der Waals surface area contributed by atoms with Gasteiger partial charge in [0.15, 0.2) is 0 Å². The molecule has 1 aliphatic rings. The molecule has 2 aromatic carbocycles. The lowest BCUT2D eigenvalue weighted by atomic mass is 10.1. The highest BCUT2D eigenvalue weighted by molar-refractivity contribution is 7.92. The number of ether oxygens (including phenoxy) is 2. The van der Waals surface area contributed by atoms with Crippen LogP contribution in [-0.2, 0) is 16.6 Å². The molecule has 0 radical (unpaired) electrons. The van der Waals surface area contributed by atoms with E-state index in [4.69, 9.17) is 21.1 Å². The second kappa shape index (κ2) is 9.24. The molecular formula is C25H23ClN4O4S. The molecule has 4 aromatic rings. The Balaban J connectivity index is 1.48. The minimum absolute atomic E-state index is 0.0785. The van der Waals surface area contributed by atoms with Crippen molar-refractivity contribution >= 4 is 44.0 Å². The van der Waals surface area contributed by atoms with Crippen LogP contribution in [-0.4, -0.2) is 38.6 Å². The first-order chi connectivity index (χ1) is 16.8. The van der Waals surface area contributed by atoms with Crippen LogP contribution in [0.5, 0.6) is 11.6 Å². The first kappa shape index (κ1) is 23.2. The van der Waals surface area contributed by atoms with Gasteiger partial charge in [-0.05, 0) is 60.5 Å². The molecule has 180 valence electrons. The third-order valence-electron chi connectivity index (χ3n) is 5.80. The molecule has 0 bridgehead atoms. The molecule has 0 saturated heterocycles. The number of aromatic nitrogens is 2. The summed E-state index contributed by atoms with van der Waals surface area (Å²) in [6, 6.07) is 15.7. The van der Waals surface area contributed by atoms with Crippen molar-refractivity contribution < 1.29 is 17.9 Å². The minimum atomic E-state index is -3.97. The maximum atomic E-state index is 13.2. The van der Waals surface area contributed by atoms with E-state index in [-0.39, 0.29) is 23.1 Å². The van der Waals surface area contributed by atoms with Crippen molar-refractivity contribution in [1.82, 2.24) is 9.97 Å². The molecule has 10 heteroatoms. The molecule has 0 amide bonds. The van der Waals surface area contributed by atoms with Gasteiger partial charge in [0.25, 0.3) is 10.0 Å². The summed E-state index contributed by atoms with van der Waals surface area (Å²) in [4.78, 5) is 11.0. The first-order valence-corrected chi connectivity index (χ1v) is 12.8. The largest absolute Gasteiger partial charge is 0.490 e. The summed E-state index contributed by atoms with van der Waals surface area (Å²) in [5.74, 6) is 0.971.